The minimum absolute atomic E-state index is 0.0119. The smallest absolute Gasteiger partial charge is 0.306 e. The molecule has 0 N–H and O–H groups in total. The van der Waals surface area contributed by atoms with E-state index >= 15 is 0 Å². The Morgan fingerprint density at radius 3 is 2.52 bits per heavy atom. The Bertz CT molecular complexity index is 433. The zero-order valence-corrected chi connectivity index (χ0v) is 13.4. The van der Waals surface area contributed by atoms with Crippen molar-refractivity contribution in [2.75, 3.05) is 18.3 Å². The van der Waals surface area contributed by atoms with Gasteiger partial charge < -0.3 is 14.3 Å². The quantitative estimate of drug-likeness (QED) is 0.377. The number of thioether (sulfide) groups is 1. The average molecular weight is 310 g/mol. The molecule has 0 spiro atoms. The number of benzene rings is 1. The van der Waals surface area contributed by atoms with Crippen molar-refractivity contribution >= 4 is 23.5 Å². The highest BCUT2D eigenvalue weighted by atomic mass is 32.2. The van der Waals surface area contributed by atoms with E-state index in [1.54, 1.807) is 11.8 Å². The van der Waals surface area contributed by atoms with E-state index in [2.05, 4.69) is 6.92 Å². The summed E-state index contributed by atoms with van der Waals surface area (Å²) < 4.78 is 11.0. The number of rotatable bonds is 10. The fourth-order valence-electron chi connectivity index (χ4n) is 1.64. The van der Waals surface area contributed by atoms with Gasteiger partial charge in [0.2, 0.25) is 0 Å². The van der Waals surface area contributed by atoms with Gasteiger partial charge in [0, 0.05) is 6.42 Å². The minimum atomic E-state index is -0.363. The molecule has 0 saturated carbocycles. The van der Waals surface area contributed by atoms with Gasteiger partial charge in [-0.3, -0.25) is 4.79 Å². The molecule has 0 saturated heterocycles. The van der Waals surface area contributed by atoms with Crippen LogP contribution in [0.15, 0.2) is 30.3 Å². The predicted octanol–water partition coefficient (Wildman–Crippen LogP) is 3.37. The molecule has 0 aromatic heterocycles. The molecule has 21 heavy (non-hydrogen) atoms. The summed E-state index contributed by atoms with van der Waals surface area (Å²) in [6.45, 7) is 3.70. The summed E-state index contributed by atoms with van der Waals surface area (Å²) in [6, 6.07) is 9.68. The first kappa shape index (κ1) is 17.7. The molecule has 1 aromatic rings. The fraction of sp³-hybridized carbons (Fsp3) is 0.500. The Balaban J connectivity index is 2.49. The van der Waals surface area contributed by atoms with Gasteiger partial charge in [0.1, 0.15) is 18.5 Å². The lowest BCUT2D eigenvalue weighted by Gasteiger charge is -2.18. The first-order chi connectivity index (χ1) is 10.1. The number of ether oxygens (including phenoxy) is 2. The largest absolute Gasteiger partial charge is 0.463 e. The lowest BCUT2D eigenvalue weighted by molar-refractivity contribution is -0.148. The normalized spacial score (nSPS) is 11.9. The molecule has 5 heteroatoms. The van der Waals surface area contributed by atoms with E-state index in [1.165, 1.54) is 6.92 Å². The van der Waals surface area contributed by atoms with Gasteiger partial charge in [-0.05, 0) is 18.2 Å². The summed E-state index contributed by atoms with van der Waals surface area (Å²) in [5.41, 5.74) is 0.980. The third kappa shape index (κ3) is 7.87. The molecule has 0 bridgehead atoms. The maximum Gasteiger partial charge on any atom is 0.306 e. The standard InChI is InChI=1S/C16H22O4S/c1-3-21-12-20-15(14-7-5-4-6-8-14)11-19-16(18)10-9-13(2)17/h4-8,15H,3,9-12H2,1-2H3/t15-/m0/s1. The van der Waals surface area contributed by atoms with Crippen molar-refractivity contribution in [3.05, 3.63) is 35.9 Å². The molecule has 0 radical (unpaired) electrons. The molecule has 1 rings (SSSR count). The van der Waals surface area contributed by atoms with Gasteiger partial charge in [0.25, 0.3) is 0 Å². The van der Waals surface area contributed by atoms with Crippen molar-refractivity contribution in [1.82, 2.24) is 0 Å². The minimum Gasteiger partial charge on any atom is -0.463 e. The second-order valence-corrected chi connectivity index (χ2v) is 5.78. The molecule has 0 aliphatic heterocycles. The van der Waals surface area contributed by atoms with E-state index < -0.39 is 0 Å². The third-order valence-corrected chi connectivity index (χ3v) is 3.52. The number of Topliss-reactive ketones (excluding diaryl/α,β-unsaturated/α-hetero) is 1. The summed E-state index contributed by atoms with van der Waals surface area (Å²) in [4.78, 5) is 22.4. The second kappa shape index (κ2) is 10.4. The maximum absolute atomic E-state index is 11.6. The van der Waals surface area contributed by atoms with Crippen LogP contribution < -0.4 is 0 Å². The van der Waals surface area contributed by atoms with E-state index in [0.717, 1.165) is 11.3 Å². The monoisotopic (exact) mass is 310 g/mol. The van der Waals surface area contributed by atoms with Gasteiger partial charge in [0.15, 0.2) is 0 Å². The SMILES string of the molecule is CCSCO[C@@H](COC(=O)CCC(C)=O)c1ccccc1. The predicted molar refractivity (Wildman–Crippen MR) is 84.1 cm³/mol. The average Bonchev–Trinajstić information content (AvgIpc) is 2.49. The number of esters is 1. The number of carbonyl (C=O) groups is 2. The van der Waals surface area contributed by atoms with E-state index in [-0.39, 0.29) is 37.3 Å². The third-order valence-electron chi connectivity index (χ3n) is 2.80. The summed E-state index contributed by atoms with van der Waals surface area (Å²) in [6.07, 6.45) is 0.0774. The Labute approximate surface area is 130 Å². The van der Waals surface area contributed by atoms with Crippen molar-refractivity contribution in [2.24, 2.45) is 0 Å². The van der Waals surface area contributed by atoms with E-state index in [9.17, 15) is 9.59 Å². The van der Waals surface area contributed by atoms with Gasteiger partial charge in [-0.2, -0.15) is 0 Å². The van der Waals surface area contributed by atoms with Crippen LogP contribution in [0.4, 0.5) is 0 Å². The zero-order chi connectivity index (χ0) is 15.5. The van der Waals surface area contributed by atoms with Gasteiger partial charge in [-0.1, -0.05) is 37.3 Å². The zero-order valence-electron chi connectivity index (χ0n) is 12.5. The van der Waals surface area contributed by atoms with Crippen LogP contribution in [0.3, 0.4) is 0 Å². The van der Waals surface area contributed by atoms with E-state index in [1.807, 2.05) is 30.3 Å². The Hall–Kier alpha value is -1.33. The fourth-order valence-corrected chi connectivity index (χ4v) is 2.07. The summed E-state index contributed by atoms with van der Waals surface area (Å²) in [5.74, 6) is 1.15. The van der Waals surface area contributed by atoms with Gasteiger partial charge in [-0.15, -0.1) is 11.8 Å². The molecule has 4 nitrogen and oxygen atoms in total. The van der Waals surface area contributed by atoms with Crippen molar-refractivity contribution < 1.29 is 19.1 Å². The highest BCUT2D eigenvalue weighted by Gasteiger charge is 2.15. The number of hydrogen-bond acceptors (Lipinski definition) is 5. The lowest BCUT2D eigenvalue weighted by Crippen LogP contribution is -2.16. The van der Waals surface area contributed by atoms with Crippen LogP contribution in [-0.4, -0.2) is 30.1 Å². The van der Waals surface area contributed by atoms with E-state index in [0.29, 0.717) is 5.94 Å². The van der Waals surface area contributed by atoms with Crippen molar-refractivity contribution in [3.8, 4) is 0 Å². The van der Waals surface area contributed by atoms with Crippen LogP contribution in [0.1, 0.15) is 38.4 Å². The van der Waals surface area contributed by atoms with Gasteiger partial charge in [-0.25, -0.2) is 0 Å². The van der Waals surface area contributed by atoms with Crippen molar-refractivity contribution in [3.63, 3.8) is 0 Å². The van der Waals surface area contributed by atoms with Crippen LogP contribution in [0.2, 0.25) is 0 Å². The van der Waals surface area contributed by atoms with Crippen LogP contribution >= 0.6 is 11.8 Å². The number of carbonyl (C=O) groups excluding carboxylic acids is 2. The summed E-state index contributed by atoms with van der Waals surface area (Å²) >= 11 is 1.67. The van der Waals surface area contributed by atoms with Crippen LogP contribution in [-0.2, 0) is 19.1 Å². The Morgan fingerprint density at radius 2 is 1.90 bits per heavy atom. The topological polar surface area (TPSA) is 52.6 Å². The highest BCUT2D eigenvalue weighted by Crippen LogP contribution is 2.19. The molecule has 116 valence electrons. The first-order valence-corrected chi connectivity index (χ1v) is 8.18. The molecule has 0 unspecified atom stereocenters. The van der Waals surface area contributed by atoms with Crippen LogP contribution in [0, 0.1) is 0 Å². The van der Waals surface area contributed by atoms with Gasteiger partial charge in [0.05, 0.1) is 12.4 Å². The summed E-state index contributed by atoms with van der Waals surface area (Å²) in [5, 5.41) is 0. The molecule has 0 aliphatic rings. The van der Waals surface area contributed by atoms with E-state index in [4.69, 9.17) is 9.47 Å². The molecule has 1 aromatic carbocycles. The molecule has 0 amide bonds. The second-order valence-electron chi connectivity index (χ2n) is 4.56. The number of ketones is 1. The lowest BCUT2D eigenvalue weighted by atomic mass is 10.1. The van der Waals surface area contributed by atoms with Crippen molar-refractivity contribution in [1.29, 1.82) is 0 Å². The molecule has 0 heterocycles. The first-order valence-electron chi connectivity index (χ1n) is 7.02. The Kier molecular flexibility index (Phi) is 8.78. The highest BCUT2D eigenvalue weighted by molar-refractivity contribution is 7.99. The van der Waals surface area contributed by atoms with Crippen LogP contribution in [0.5, 0.6) is 0 Å². The van der Waals surface area contributed by atoms with Crippen LogP contribution in [0.25, 0.3) is 0 Å². The molecular formula is C16H22O4S. The summed E-state index contributed by atoms with van der Waals surface area (Å²) in [7, 11) is 0. The maximum atomic E-state index is 11.6. The molecule has 0 aliphatic carbocycles. The number of hydrogen-bond donors (Lipinski definition) is 0. The van der Waals surface area contributed by atoms with Gasteiger partial charge >= 0.3 is 5.97 Å². The van der Waals surface area contributed by atoms with Crippen molar-refractivity contribution in [2.45, 2.75) is 32.8 Å². The molecule has 1 atom stereocenters. The Morgan fingerprint density at radius 1 is 1.19 bits per heavy atom. The molecule has 0 fully saturated rings. The molecular weight excluding hydrogens is 288 g/mol.